The van der Waals surface area contributed by atoms with Gasteiger partial charge in [-0.2, -0.15) is 5.10 Å². The molecule has 0 aromatic carbocycles. The van der Waals surface area contributed by atoms with Gasteiger partial charge in [0.15, 0.2) is 0 Å². The highest BCUT2D eigenvalue weighted by Crippen LogP contribution is 2.36. The summed E-state index contributed by atoms with van der Waals surface area (Å²) in [4.78, 5) is 5.39. The molecule has 3 fully saturated rings. The Bertz CT molecular complexity index is 471. The van der Waals surface area contributed by atoms with Gasteiger partial charge < -0.3 is 4.74 Å². The Balaban J connectivity index is 1.38. The fourth-order valence-corrected chi connectivity index (χ4v) is 4.81. The van der Waals surface area contributed by atoms with Crippen LogP contribution in [0.4, 0.5) is 0 Å². The van der Waals surface area contributed by atoms with Crippen LogP contribution < -0.4 is 0 Å². The van der Waals surface area contributed by atoms with Gasteiger partial charge in [0.2, 0.25) is 0 Å². The lowest BCUT2D eigenvalue weighted by molar-refractivity contribution is 0.00928. The van der Waals surface area contributed by atoms with Crippen molar-refractivity contribution in [3.05, 3.63) is 18.5 Å². The molecule has 0 spiro atoms. The zero-order valence-corrected chi connectivity index (χ0v) is 13.6. The van der Waals surface area contributed by atoms with Crippen LogP contribution in [-0.2, 0) is 11.3 Å². The monoisotopic (exact) mass is 304 g/mol. The van der Waals surface area contributed by atoms with Crippen molar-refractivity contribution in [1.82, 2.24) is 19.6 Å². The van der Waals surface area contributed by atoms with Crippen LogP contribution in [0.25, 0.3) is 0 Å². The van der Waals surface area contributed by atoms with E-state index < -0.39 is 0 Å². The molecule has 0 amide bonds. The van der Waals surface area contributed by atoms with Gasteiger partial charge in [0.1, 0.15) is 0 Å². The van der Waals surface area contributed by atoms with E-state index in [0.717, 1.165) is 37.8 Å². The third-order valence-corrected chi connectivity index (χ3v) is 6.06. The number of fused-ring (bicyclic) bond motifs is 1. The van der Waals surface area contributed by atoms with Crippen molar-refractivity contribution >= 4 is 0 Å². The van der Waals surface area contributed by atoms with Crippen LogP contribution in [0.3, 0.4) is 0 Å². The van der Waals surface area contributed by atoms with Crippen molar-refractivity contribution in [3.8, 4) is 0 Å². The van der Waals surface area contributed by atoms with Gasteiger partial charge in [0.05, 0.1) is 6.54 Å². The minimum absolute atomic E-state index is 0.643. The van der Waals surface area contributed by atoms with Crippen LogP contribution >= 0.6 is 0 Å². The zero-order chi connectivity index (χ0) is 14.9. The average molecular weight is 304 g/mol. The van der Waals surface area contributed by atoms with Gasteiger partial charge in [-0.3, -0.25) is 14.5 Å². The Morgan fingerprint density at radius 1 is 1.23 bits per heavy atom. The number of piperidine rings is 1. The molecule has 5 heteroatoms. The van der Waals surface area contributed by atoms with Gasteiger partial charge in [-0.1, -0.05) is 0 Å². The van der Waals surface area contributed by atoms with E-state index in [-0.39, 0.29) is 0 Å². The Morgan fingerprint density at radius 3 is 2.86 bits per heavy atom. The van der Waals surface area contributed by atoms with Crippen LogP contribution in [-0.4, -0.2) is 71.1 Å². The number of likely N-dealkylation sites (tertiary alicyclic amines) is 2. The molecule has 0 N–H and O–H groups in total. The lowest BCUT2D eigenvalue weighted by atomic mass is 9.90. The molecule has 4 heterocycles. The number of ether oxygens (including phenoxy) is 1. The van der Waals surface area contributed by atoms with Gasteiger partial charge in [-0.25, -0.2) is 0 Å². The molecule has 22 heavy (non-hydrogen) atoms. The minimum Gasteiger partial charge on any atom is -0.381 e. The molecular weight excluding hydrogens is 276 g/mol. The van der Waals surface area contributed by atoms with Gasteiger partial charge in [0, 0.05) is 50.3 Å². The maximum atomic E-state index is 5.53. The molecule has 122 valence electrons. The second-order valence-corrected chi connectivity index (χ2v) is 7.24. The summed E-state index contributed by atoms with van der Waals surface area (Å²) >= 11 is 0. The van der Waals surface area contributed by atoms with E-state index in [2.05, 4.69) is 32.8 Å². The molecule has 3 aliphatic heterocycles. The van der Waals surface area contributed by atoms with E-state index >= 15 is 0 Å². The van der Waals surface area contributed by atoms with E-state index in [4.69, 9.17) is 4.74 Å². The van der Waals surface area contributed by atoms with E-state index in [1.54, 1.807) is 0 Å². The molecule has 4 rings (SSSR count). The van der Waals surface area contributed by atoms with E-state index in [0.29, 0.717) is 6.04 Å². The van der Waals surface area contributed by atoms with Crippen molar-refractivity contribution in [2.75, 3.05) is 33.4 Å². The van der Waals surface area contributed by atoms with Gasteiger partial charge in [-0.05, 0) is 51.3 Å². The van der Waals surface area contributed by atoms with Crippen molar-refractivity contribution in [2.24, 2.45) is 5.92 Å². The van der Waals surface area contributed by atoms with Crippen molar-refractivity contribution in [3.63, 3.8) is 0 Å². The summed E-state index contributed by atoms with van der Waals surface area (Å²) in [5.41, 5.74) is 0. The summed E-state index contributed by atoms with van der Waals surface area (Å²) in [6.45, 7) is 5.50. The second kappa shape index (κ2) is 6.30. The number of hydrogen-bond acceptors (Lipinski definition) is 4. The highest BCUT2D eigenvalue weighted by molar-refractivity contribution is 4.98. The third-order valence-electron chi connectivity index (χ3n) is 6.06. The van der Waals surface area contributed by atoms with E-state index in [1.165, 1.54) is 38.8 Å². The summed E-state index contributed by atoms with van der Waals surface area (Å²) in [6.07, 6.45) is 9.07. The van der Waals surface area contributed by atoms with E-state index in [9.17, 15) is 0 Å². The Morgan fingerprint density at radius 2 is 2.09 bits per heavy atom. The summed E-state index contributed by atoms with van der Waals surface area (Å²) in [5.74, 6) is 0.835. The molecule has 1 aromatic rings. The fraction of sp³-hybridized carbons (Fsp3) is 0.824. The van der Waals surface area contributed by atoms with Gasteiger partial charge >= 0.3 is 0 Å². The average Bonchev–Trinajstić information content (AvgIpc) is 3.17. The van der Waals surface area contributed by atoms with Crippen LogP contribution in [0.15, 0.2) is 18.5 Å². The van der Waals surface area contributed by atoms with Crippen molar-refractivity contribution in [2.45, 2.75) is 50.4 Å². The highest BCUT2D eigenvalue weighted by Gasteiger charge is 2.43. The predicted molar refractivity (Wildman–Crippen MR) is 85.7 cm³/mol. The first-order valence-electron chi connectivity index (χ1n) is 8.82. The number of rotatable bonds is 3. The standard InChI is InChI=1S/C17H28N4O/c1-19-16(13-21-7-2-6-18-21)11-14-12-20(8-3-17(14)19)15-4-9-22-10-5-15/h2,6-7,14-17H,3-5,8-13H2,1H3/t14-,16?,17+/m0/s1. The van der Waals surface area contributed by atoms with Gasteiger partial charge in [0.25, 0.3) is 0 Å². The summed E-state index contributed by atoms with van der Waals surface area (Å²) < 4.78 is 7.62. The number of aromatic nitrogens is 2. The first kappa shape index (κ1) is 14.7. The largest absolute Gasteiger partial charge is 0.381 e. The van der Waals surface area contributed by atoms with Crippen LogP contribution in [0.1, 0.15) is 25.7 Å². The predicted octanol–water partition coefficient (Wildman–Crippen LogP) is 1.46. The number of hydrogen-bond donors (Lipinski definition) is 0. The first-order valence-corrected chi connectivity index (χ1v) is 8.82. The van der Waals surface area contributed by atoms with Crippen LogP contribution in [0, 0.1) is 5.92 Å². The summed E-state index contributed by atoms with van der Waals surface area (Å²) in [6, 6.07) is 4.21. The molecule has 1 unspecified atom stereocenters. The van der Waals surface area contributed by atoms with Crippen molar-refractivity contribution in [1.29, 1.82) is 0 Å². The van der Waals surface area contributed by atoms with Crippen molar-refractivity contribution < 1.29 is 4.74 Å². The van der Waals surface area contributed by atoms with Gasteiger partial charge in [-0.15, -0.1) is 0 Å². The zero-order valence-electron chi connectivity index (χ0n) is 13.6. The lowest BCUT2D eigenvalue weighted by Gasteiger charge is -2.42. The van der Waals surface area contributed by atoms with Crippen LogP contribution in [0.2, 0.25) is 0 Å². The first-order chi connectivity index (χ1) is 10.8. The molecular formula is C17H28N4O. The lowest BCUT2D eigenvalue weighted by Crippen LogP contribution is -2.50. The normalized spacial score (nSPS) is 34.9. The Labute approximate surface area is 133 Å². The Kier molecular flexibility index (Phi) is 4.20. The quantitative estimate of drug-likeness (QED) is 0.846. The minimum atomic E-state index is 0.643. The smallest absolute Gasteiger partial charge is 0.0565 e. The summed E-state index contributed by atoms with van der Waals surface area (Å²) in [5, 5.41) is 4.39. The molecule has 3 atom stereocenters. The third kappa shape index (κ3) is 2.82. The molecule has 0 aliphatic carbocycles. The maximum absolute atomic E-state index is 5.53. The SMILES string of the molecule is CN1C(Cn2cccn2)C[C@H]2CN(C3CCOCC3)CC[C@H]21. The topological polar surface area (TPSA) is 33.5 Å². The molecule has 0 bridgehead atoms. The number of likely N-dealkylation sites (N-methyl/N-ethyl adjacent to an activating group) is 1. The molecule has 1 aromatic heterocycles. The molecule has 0 saturated carbocycles. The fourth-order valence-electron chi connectivity index (χ4n) is 4.81. The van der Waals surface area contributed by atoms with Crippen LogP contribution in [0.5, 0.6) is 0 Å². The maximum Gasteiger partial charge on any atom is 0.0565 e. The summed E-state index contributed by atoms with van der Waals surface area (Å²) in [7, 11) is 2.32. The van der Waals surface area contributed by atoms with E-state index in [1.807, 2.05) is 12.3 Å². The molecule has 5 nitrogen and oxygen atoms in total. The second-order valence-electron chi connectivity index (χ2n) is 7.24. The molecule has 3 saturated heterocycles. The molecule has 0 radical (unpaired) electrons. The highest BCUT2D eigenvalue weighted by atomic mass is 16.5. The number of nitrogens with zero attached hydrogens (tertiary/aromatic N) is 4. The molecule has 3 aliphatic rings. The Hall–Kier alpha value is -0.910.